The normalized spacial score (nSPS) is 10.7. The van der Waals surface area contributed by atoms with Crippen molar-refractivity contribution in [1.82, 2.24) is 14.5 Å². The fraction of sp³-hybridized carbons (Fsp3) is 0.0667. The molecule has 0 fully saturated rings. The van der Waals surface area contributed by atoms with Crippen LogP contribution in [0.5, 0.6) is 11.6 Å². The van der Waals surface area contributed by atoms with Crippen LogP contribution in [-0.2, 0) is 11.8 Å². The number of hydrogen-bond donors (Lipinski definition) is 2. The Hall–Kier alpha value is -5.49. The van der Waals surface area contributed by atoms with Crippen LogP contribution in [0.4, 0.5) is 15.9 Å². The van der Waals surface area contributed by atoms with Crippen LogP contribution in [0.2, 0.25) is 0 Å². The Kier molecular flexibility index (Phi) is 6.52. The minimum Gasteiger partial charge on any atom is -0.439 e. The Balaban J connectivity index is 1.68. The van der Waals surface area contributed by atoms with E-state index in [1.54, 1.807) is 61.1 Å². The first-order chi connectivity index (χ1) is 18.8. The largest absolute Gasteiger partial charge is 0.439 e. The monoisotopic (exact) mass is 518 g/mol. The van der Waals surface area contributed by atoms with Gasteiger partial charge in [0.25, 0.3) is 5.91 Å². The van der Waals surface area contributed by atoms with Gasteiger partial charge in [0.1, 0.15) is 23.5 Å². The van der Waals surface area contributed by atoms with E-state index in [1.807, 2.05) is 18.2 Å². The SMILES string of the molecule is C=C(C)C(=O)Nc1ccc(-c2c(-c3ccc(Oc4ccccn4)cc3)c3c(N)ncc(C#N)c3n2C)c(F)c1. The molecule has 39 heavy (non-hydrogen) atoms. The molecule has 0 atom stereocenters. The van der Waals surface area contributed by atoms with Crippen molar-refractivity contribution < 1.29 is 13.9 Å². The van der Waals surface area contributed by atoms with Crippen molar-refractivity contribution in [3.63, 3.8) is 0 Å². The number of nitriles is 1. The molecule has 3 heterocycles. The standard InChI is InChI=1S/C30H23FN6O2/c1-17(2)30(38)36-20-9-12-22(23(31)14-20)28-25(26-27(37(28)3)19(15-32)16-35-29(26)33)18-7-10-21(11-8-18)39-24-6-4-5-13-34-24/h4-14,16H,1H2,2-3H3,(H2,33,35)(H,36,38). The highest BCUT2D eigenvalue weighted by molar-refractivity contribution is 6.11. The van der Waals surface area contributed by atoms with Crippen molar-refractivity contribution >= 4 is 28.3 Å². The lowest BCUT2D eigenvalue weighted by atomic mass is 9.97. The number of ether oxygens (including phenoxy) is 1. The van der Waals surface area contributed by atoms with Gasteiger partial charge in [0.2, 0.25) is 5.88 Å². The lowest BCUT2D eigenvalue weighted by molar-refractivity contribution is -0.112. The van der Waals surface area contributed by atoms with Crippen LogP contribution in [-0.4, -0.2) is 20.4 Å². The molecule has 2 aromatic carbocycles. The summed E-state index contributed by atoms with van der Waals surface area (Å²) in [4.78, 5) is 20.4. The third-order valence-corrected chi connectivity index (χ3v) is 6.23. The first kappa shape index (κ1) is 25.2. The van der Waals surface area contributed by atoms with E-state index in [9.17, 15) is 10.1 Å². The van der Waals surface area contributed by atoms with Crippen LogP contribution in [0.25, 0.3) is 33.3 Å². The molecule has 3 N–H and O–H groups in total. The summed E-state index contributed by atoms with van der Waals surface area (Å²) in [5.41, 5.74) is 9.84. The summed E-state index contributed by atoms with van der Waals surface area (Å²) in [5.74, 6) is 0.246. The molecule has 5 rings (SSSR count). The Labute approximate surface area is 223 Å². The molecule has 192 valence electrons. The average molecular weight is 519 g/mol. The first-order valence-electron chi connectivity index (χ1n) is 11.9. The van der Waals surface area contributed by atoms with Gasteiger partial charge in [0, 0.05) is 47.9 Å². The van der Waals surface area contributed by atoms with E-state index in [-0.39, 0.29) is 11.4 Å². The number of rotatable bonds is 6. The van der Waals surface area contributed by atoms with E-state index >= 15 is 4.39 Å². The summed E-state index contributed by atoms with van der Waals surface area (Å²) < 4.78 is 23.2. The predicted molar refractivity (Wildman–Crippen MR) is 148 cm³/mol. The Morgan fingerprint density at radius 3 is 2.56 bits per heavy atom. The van der Waals surface area contributed by atoms with Crippen LogP contribution < -0.4 is 15.8 Å². The molecule has 0 aliphatic rings. The van der Waals surface area contributed by atoms with Gasteiger partial charge in [-0.05, 0) is 48.9 Å². The summed E-state index contributed by atoms with van der Waals surface area (Å²) in [7, 11) is 1.75. The van der Waals surface area contributed by atoms with Crippen LogP contribution in [0.15, 0.2) is 85.2 Å². The molecule has 0 saturated carbocycles. The van der Waals surface area contributed by atoms with Crippen molar-refractivity contribution in [1.29, 1.82) is 5.26 Å². The lowest BCUT2D eigenvalue weighted by Crippen LogP contribution is -2.12. The molecule has 0 aliphatic carbocycles. The highest BCUT2D eigenvalue weighted by Crippen LogP contribution is 2.44. The number of halogens is 1. The van der Waals surface area contributed by atoms with Gasteiger partial charge < -0.3 is 20.4 Å². The molecule has 0 aliphatic heterocycles. The van der Waals surface area contributed by atoms with Gasteiger partial charge in [-0.25, -0.2) is 14.4 Å². The maximum absolute atomic E-state index is 15.7. The number of aromatic nitrogens is 3. The number of anilines is 2. The number of carbonyl (C=O) groups excluding carboxylic acids is 1. The van der Waals surface area contributed by atoms with Crippen LogP contribution in [0.1, 0.15) is 12.5 Å². The number of nitrogens with zero attached hydrogens (tertiary/aromatic N) is 4. The van der Waals surface area contributed by atoms with E-state index < -0.39 is 11.7 Å². The van der Waals surface area contributed by atoms with Gasteiger partial charge in [-0.15, -0.1) is 0 Å². The minimum absolute atomic E-state index is 0.209. The number of nitrogens with two attached hydrogens (primary N) is 1. The first-order valence-corrected chi connectivity index (χ1v) is 11.9. The topological polar surface area (TPSA) is 119 Å². The molecule has 0 spiro atoms. The van der Waals surface area contributed by atoms with Crippen molar-refractivity contribution in [2.75, 3.05) is 11.1 Å². The number of amides is 1. The Morgan fingerprint density at radius 1 is 1.15 bits per heavy atom. The highest BCUT2D eigenvalue weighted by atomic mass is 19.1. The zero-order chi connectivity index (χ0) is 27.7. The maximum Gasteiger partial charge on any atom is 0.250 e. The molecule has 0 bridgehead atoms. The third kappa shape index (κ3) is 4.67. The van der Waals surface area contributed by atoms with E-state index in [4.69, 9.17) is 10.5 Å². The van der Waals surface area contributed by atoms with E-state index in [0.717, 1.165) is 0 Å². The highest BCUT2D eigenvalue weighted by Gasteiger charge is 2.25. The number of nitrogen functional groups attached to an aromatic ring is 1. The van der Waals surface area contributed by atoms with E-state index in [2.05, 4.69) is 27.9 Å². The second-order valence-corrected chi connectivity index (χ2v) is 8.90. The molecule has 9 heteroatoms. The zero-order valence-electron chi connectivity index (χ0n) is 21.2. The fourth-order valence-electron chi connectivity index (χ4n) is 4.43. The van der Waals surface area contributed by atoms with Gasteiger partial charge in [0.05, 0.1) is 22.2 Å². The molecule has 0 radical (unpaired) electrons. The van der Waals surface area contributed by atoms with Crippen LogP contribution in [0.3, 0.4) is 0 Å². The summed E-state index contributed by atoms with van der Waals surface area (Å²) in [5, 5.41) is 13.0. The zero-order valence-corrected chi connectivity index (χ0v) is 21.2. The number of nitrogens with one attached hydrogen (secondary N) is 1. The Morgan fingerprint density at radius 2 is 1.92 bits per heavy atom. The van der Waals surface area contributed by atoms with Gasteiger partial charge in [-0.2, -0.15) is 5.26 Å². The van der Waals surface area contributed by atoms with Crippen molar-refractivity contribution in [3.05, 3.63) is 96.6 Å². The number of aryl methyl sites for hydroxylation is 1. The number of carbonyl (C=O) groups is 1. The summed E-state index contributed by atoms with van der Waals surface area (Å²) in [6, 6.07) is 19.2. The van der Waals surface area contributed by atoms with E-state index in [1.165, 1.54) is 12.3 Å². The number of hydrogen-bond acceptors (Lipinski definition) is 6. The maximum atomic E-state index is 15.7. The number of pyridine rings is 2. The summed E-state index contributed by atoms with van der Waals surface area (Å²) >= 11 is 0. The molecule has 5 aromatic rings. The second kappa shape index (κ2) is 10.1. The van der Waals surface area contributed by atoms with Crippen molar-refractivity contribution in [2.45, 2.75) is 6.92 Å². The van der Waals surface area contributed by atoms with Crippen molar-refractivity contribution in [2.24, 2.45) is 7.05 Å². The van der Waals surface area contributed by atoms with Gasteiger partial charge >= 0.3 is 0 Å². The van der Waals surface area contributed by atoms with Gasteiger partial charge in [0.15, 0.2) is 0 Å². The fourth-order valence-corrected chi connectivity index (χ4v) is 4.43. The number of benzene rings is 2. The van der Waals surface area contributed by atoms with Crippen LogP contribution in [0, 0.1) is 17.1 Å². The minimum atomic E-state index is -0.568. The molecule has 1 amide bonds. The second-order valence-electron chi connectivity index (χ2n) is 8.90. The van der Waals surface area contributed by atoms with Gasteiger partial charge in [-0.3, -0.25) is 4.79 Å². The van der Waals surface area contributed by atoms with E-state index in [0.29, 0.717) is 56.2 Å². The molecule has 8 nitrogen and oxygen atoms in total. The smallest absolute Gasteiger partial charge is 0.250 e. The molecule has 3 aromatic heterocycles. The van der Waals surface area contributed by atoms with Gasteiger partial charge in [-0.1, -0.05) is 24.8 Å². The molecular formula is C30H23FN6O2. The van der Waals surface area contributed by atoms with Crippen LogP contribution >= 0.6 is 0 Å². The van der Waals surface area contributed by atoms with Crippen molar-refractivity contribution in [3.8, 4) is 40.1 Å². The Bertz CT molecular complexity index is 1790. The lowest BCUT2D eigenvalue weighted by Gasteiger charge is -2.12. The summed E-state index contributed by atoms with van der Waals surface area (Å²) in [6.07, 6.45) is 3.04. The molecule has 0 saturated heterocycles. The predicted octanol–water partition coefficient (Wildman–Crippen LogP) is 6.20. The number of fused-ring (bicyclic) bond motifs is 1. The summed E-state index contributed by atoms with van der Waals surface area (Å²) in [6.45, 7) is 5.18. The molecular weight excluding hydrogens is 495 g/mol. The third-order valence-electron chi connectivity index (χ3n) is 6.23. The molecule has 0 unspecified atom stereocenters. The quantitative estimate of drug-likeness (QED) is 0.258. The average Bonchev–Trinajstić information content (AvgIpc) is 3.23.